The van der Waals surface area contributed by atoms with Crippen molar-refractivity contribution in [3.8, 4) is 6.07 Å². The Morgan fingerprint density at radius 2 is 2.00 bits per heavy atom. The van der Waals surface area contributed by atoms with Crippen molar-refractivity contribution in [1.29, 1.82) is 5.26 Å². The van der Waals surface area contributed by atoms with Crippen molar-refractivity contribution in [2.75, 3.05) is 0 Å². The third kappa shape index (κ3) is 1.98. The topological polar surface area (TPSA) is 36.7 Å². The molecular weight excluding hydrogens is 208 g/mol. The molecule has 1 fully saturated rings. The third-order valence-corrected chi connectivity index (χ3v) is 3.42. The number of nitriles is 1. The van der Waals surface area contributed by atoms with Gasteiger partial charge in [-0.3, -0.25) is 0 Å². The molecule has 0 unspecified atom stereocenters. The molecule has 1 aromatic heterocycles. The fraction of sp³-hybridized carbons (Fsp3) is 0.500. The van der Waals surface area contributed by atoms with E-state index in [0.717, 1.165) is 31.2 Å². The van der Waals surface area contributed by atoms with Crippen molar-refractivity contribution >= 4 is 11.6 Å². The van der Waals surface area contributed by atoms with Crippen molar-refractivity contribution in [2.45, 2.75) is 37.5 Å². The van der Waals surface area contributed by atoms with Gasteiger partial charge in [-0.2, -0.15) is 5.26 Å². The van der Waals surface area contributed by atoms with Crippen LogP contribution in [0.5, 0.6) is 0 Å². The molecule has 1 aliphatic rings. The first-order valence-electron chi connectivity index (χ1n) is 5.30. The third-order valence-electron chi connectivity index (χ3n) is 3.20. The largest absolute Gasteiger partial charge is 0.244 e. The highest BCUT2D eigenvalue weighted by Crippen LogP contribution is 2.38. The highest BCUT2D eigenvalue weighted by atomic mass is 35.5. The summed E-state index contributed by atoms with van der Waals surface area (Å²) in [4.78, 5) is 4.06. The van der Waals surface area contributed by atoms with Crippen LogP contribution >= 0.6 is 11.6 Å². The fourth-order valence-corrected chi connectivity index (χ4v) is 2.39. The molecule has 1 aliphatic carbocycles. The molecule has 0 N–H and O–H groups in total. The highest BCUT2D eigenvalue weighted by Gasteiger charge is 2.34. The molecule has 15 heavy (non-hydrogen) atoms. The SMILES string of the molecule is N#CC1(c2ccc(Cl)nc2)CCCCC1. The van der Waals surface area contributed by atoms with Crippen LogP contribution in [0, 0.1) is 11.3 Å². The van der Waals surface area contributed by atoms with Crippen LogP contribution in [0.3, 0.4) is 0 Å². The lowest BCUT2D eigenvalue weighted by molar-refractivity contribution is 0.365. The zero-order chi connectivity index (χ0) is 10.7. The van der Waals surface area contributed by atoms with Gasteiger partial charge in [-0.05, 0) is 24.5 Å². The first kappa shape index (κ1) is 10.4. The summed E-state index contributed by atoms with van der Waals surface area (Å²) < 4.78 is 0. The molecule has 1 heterocycles. The lowest BCUT2D eigenvalue weighted by Gasteiger charge is -2.30. The molecule has 3 heteroatoms. The predicted molar refractivity (Wildman–Crippen MR) is 59.6 cm³/mol. The van der Waals surface area contributed by atoms with Crippen molar-refractivity contribution < 1.29 is 0 Å². The second-order valence-corrected chi connectivity index (χ2v) is 4.51. The van der Waals surface area contributed by atoms with E-state index >= 15 is 0 Å². The second-order valence-electron chi connectivity index (χ2n) is 4.12. The number of hydrogen-bond donors (Lipinski definition) is 0. The van der Waals surface area contributed by atoms with Gasteiger partial charge >= 0.3 is 0 Å². The molecule has 1 aromatic rings. The van der Waals surface area contributed by atoms with E-state index in [1.54, 1.807) is 12.3 Å². The highest BCUT2D eigenvalue weighted by molar-refractivity contribution is 6.29. The minimum atomic E-state index is -0.310. The Morgan fingerprint density at radius 1 is 1.27 bits per heavy atom. The van der Waals surface area contributed by atoms with E-state index in [0.29, 0.717) is 5.15 Å². The van der Waals surface area contributed by atoms with Crippen LogP contribution in [0.15, 0.2) is 18.3 Å². The maximum absolute atomic E-state index is 9.35. The number of hydrogen-bond acceptors (Lipinski definition) is 2. The zero-order valence-corrected chi connectivity index (χ0v) is 9.30. The Labute approximate surface area is 94.9 Å². The van der Waals surface area contributed by atoms with Gasteiger partial charge in [-0.1, -0.05) is 36.9 Å². The van der Waals surface area contributed by atoms with Gasteiger partial charge in [0.05, 0.1) is 11.5 Å². The molecule has 0 aromatic carbocycles. The minimum Gasteiger partial charge on any atom is -0.244 e. The van der Waals surface area contributed by atoms with Gasteiger partial charge in [0.25, 0.3) is 0 Å². The maximum Gasteiger partial charge on any atom is 0.129 e. The van der Waals surface area contributed by atoms with Crippen LogP contribution < -0.4 is 0 Å². The van der Waals surface area contributed by atoms with E-state index < -0.39 is 0 Å². The summed E-state index contributed by atoms with van der Waals surface area (Å²) in [6, 6.07) is 6.17. The molecule has 0 atom stereocenters. The van der Waals surface area contributed by atoms with Crippen molar-refractivity contribution in [3.05, 3.63) is 29.0 Å². The van der Waals surface area contributed by atoms with Crippen molar-refractivity contribution in [2.24, 2.45) is 0 Å². The normalized spacial score (nSPS) is 19.5. The molecule has 1 saturated carbocycles. The molecule has 0 saturated heterocycles. The fourth-order valence-electron chi connectivity index (χ4n) is 2.28. The summed E-state index contributed by atoms with van der Waals surface area (Å²) >= 11 is 5.75. The average molecular weight is 221 g/mol. The van der Waals surface area contributed by atoms with E-state index in [4.69, 9.17) is 11.6 Å². The molecule has 0 aliphatic heterocycles. The van der Waals surface area contributed by atoms with Crippen LogP contribution in [0.25, 0.3) is 0 Å². The van der Waals surface area contributed by atoms with Gasteiger partial charge in [-0.15, -0.1) is 0 Å². The average Bonchev–Trinajstić information content (AvgIpc) is 2.31. The van der Waals surface area contributed by atoms with Gasteiger partial charge < -0.3 is 0 Å². The standard InChI is InChI=1S/C12H13ClN2/c13-11-5-4-10(8-15-11)12(9-14)6-2-1-3-7-12/h4-5,8H,1-3,6-7H2. The first-order valence-corrected chi connectivity index (χ1v) is 5.68. The molecule has 2 nitrogen and oxygen atoms in total. The van der Waals surface area contributed by atoms with E-state index in [1.807, 2.05) is 6.07 Å². The molecule has 0 radical (unpaired) electrons. The van der Waals surface area contributed by atoms with Gasteiger partial charge in [0, 0.05) is 6.20 Å². The van der Waals surface area contributed by atoms with E-state index in [9.17, 15) is 5.26 Å². The number of aromatic nitrogens is 1. The smallest absolute Gasteiger partial charge is 0.129 e. The van der Waals surface area contributed by atoms with Gasteiger partial charge in [-0.25, -0.2) is 4.98 Å². The second kappa shape index (κ2) is 4.20. The lowest BCUT2D eigenvalue weighted by Crippen LogP contribution is -2.27. The molecule has 0 bridgehead atoms. The maximum atomic E-state index is 9.35. The summed E-state index contributed by atoms with van der Waals surface area (Å²) in [5.74, 6) is 0. The van der Waals surface area contributed by atoms with Crippen LogP contribution in [0.2, 0.25) is 5.15 Å². The Hall–Kier alpha value is -1.07. The molecule has 2 rings (SSSR count). The monoisotopic (exact) mass is 220 g/mol. The lowest BCUT2D eigenvalue weighted by atomic mass is 9.71. The Bertz CT molecular complexity index is 372. The number of nitrogens with zero attached hydrogens (tertiary/aromatic N) is 2. The summed E-state index contributed by atoms with van der Waals surface area (Å²) in [5.41, 5.74) is 0.713. The Kier molecular flexibility index (Phi) is 2.93. The Morgan fingerprint density at radius 3 is 2.53 bits per heavy atom. The van der Waals surface area contributed by atoms with Crippen LogP contribution in [-0.2, 0) is 5.41 Å². The van der Waals surface area contributed by atoms with Gasteiger partial charge in [0.15, 0.2) is 0 Å². The number of pyridine rings is 1. The van der Waals surface area contributed by atoms with Crippen LogP contribution in [0.4, 0.5) is 0 Å². The van der Waals surface area contributed by atoms with E-state index in [1.165, 1.54) is 6.42 Å². The molecular formula is C12H13ClN2. The molecule has 78 valence electrons. The quantitative estimate of drug-likeness (QED) is 0.680. The van der Waals surface area contributed by atoms with E-state index in [2.05, 4.69) is 11.1 Å². The summed E-state index contributed by atoms with van der Waals surface area (Å²) in [7, 11) is 0. The molecule has 0 spiro atoms. The van der Waals surface area contributed by atoms with Crippen molar-refractivity contribution in [1.82, 2.24) is 4.98 Å². The predicted octanol–water partition coefficient (Wildman–Crippen LogP) is 3.46. The first-order chi connectivity index (χ1) is 7.27. The van der Waals surface area contributed by atoms with Crippen LogP contribution in [0.1, 0.15) is 37.7 Å². The van der Waals surface area contributed by atoms with Gasteiger partial charge in [0.1, 0.15) is 5.15 Å². The summed E-state index contributed by atoms with van der Waals surface area (Å²) in [6.07, 6.45) is 7.16. The molecule has 0 amide bonds. The zero-order valence-electron chi connectivity index (χ0n) is 8.54. The van der Waals surface area contributed by atoms with Gasteiger partial charge in [0.2, 0.25) is 0 Å². The summed E-state index contributed by atoms with van der Waals surface area (Å²) in [5, 5.41) is 9.84. The number of halogens is 1. The minimum absolute atomic E-state index is 0.310. The van der Waals surface area contributed by atoms with Crippen LogP contribution in [-0.4, -0.2) is 4.98 Å². The van der Waals surface area contributed by atoms with Crippen molar-refractivity contribution in [3.63, 3.8) is 0 Å². The Balaban J connectivity index is 2.33. The van der Waals surface area contributed by atoms with E-state index in [-0.39, 0.29) is 5.41 Å². The number of rotatable bonds is 1. The summed E-state index contributed by atoms with van der Waals surface area (Å²) in [6.45, 7) is 0.